The van der Waals surface area contributed by atoms with Crippen LogP contribution in [-0.2, 0) is 4.74 Å². The van der Waals surface area contributed by atoms with Gasteiger partial charge in [0, 0.05) is 31.9 Å². The number of nitrogen functional groups attached to an aromatic ring is 1. The minimum Gasteiger partial charge on any atom is -0.462 e. The molecule has 0 saturated carbocycles. The molecule has 2 aromatic rings. The van der Waals surface area contributed by atoms with Gasteiger partial charge in [0.25, 0.3) is 0 Å². The minimum atomic E-state index is -0.359. The zero-order chi connectivity index (χ0) is 17.8. The van der Waals surface area contributed by atoms with Crippen molar-refractivity contribution < 1.29 is 13.9 Å². The molecule has 6 heteroatoms. The van der Waals surface area contributed by atoms with Crippen molar-refractivity contribution in [3.05, 3.63) is 53.8 Å². The first kappa shape index (κ1) is 17.1. The number of rotatable bonds is 4. The zero-order valence-corrected chi connectivity index (χ0v) is 14.2. The Balaban J connectivity index is 1.66. The third-order valence-corrected chi connectivity index (χ3v) is 4.35. The quantitative estimate of drug-likeness (QED) is 0.683. The number of carbonyl (C=O) groups is 1. The lowest BCUT2D eigenvalue weighted by atomic mass is 10.1. The van der Waals surface area contributed by atoms with Crippen LogP contribution in [0.4, 0.5) is 21.5 Å². The predicted molar refractivity (Wildman–Crippen MR) is 97.6 cm³/mol. The zero-order valence-electron chi connectivity index (χ0n) is 14.2. The third kappa shape index (κ3) is 3.84. The van der Waals surface area contributed by atoms with Gasteiger partial charge in [0.05, 0.1) is 23.5 Å². The highest BCUT2D eigenvalue weighted by molar-refractivity contribution is 5.92. The van der Waals surface area contributed by atoms with E-state index in [-0.39, 0.29) is 11.8 Å². The first-order valence-electron chi connectivity index (χ1n) is 8.40. The number of hydrogen-bond acceptors (Lipinski definition) is 5. The van der Waals surface area contributed by atoms with Crippen LogP contribution in [0.5, 0.6) is 0 Å². The molecule has 0 radical (unpaired) electrons. The van der Waals surface area contributed by atoms with Gasteiger partial charge in [-0.1, -0.05) is 0 Å². The molecule has 5 nitrogen and oxygen atoms in total. The van der Waals surface area contributed by atoms with Gasteiger partial charge in [-0.2, -0.15) is 0 Å². The first-order chi connectivity index (χ1) is 12.1. The molecule has 2 N–H and O–H groups in total. The molecule has 1 fully saturated rings. The van der Waals surface area contributed by atoms with E-state index in [0.29, 0.717) is 17.9 Å². The maximum absolute atomic E-state index is 13.0. The van der Waals surface area contributed by atoms with Crippen molar-refractivity contribution in [2.75, 3.05) is 48.3 Å². The van der Waals surface area contributed by atoms with Gasteiger partial charge >= 0.3 is 5.97 Å². The van der Waals surface area contributed by atoms with E-state index in [4.69, 9.17) is 10.5 Å². The van der Waals surface area contributed by atoms with Crippen LogP contribution in [0.2, 0.25) is 0 Å². The number of nitrogens with two attached hydrogens (primary N) is 1. The molecular weight excluding hydrogens is 321 g/mol. The van der Waals surface area contributed by atoms with E-state index in [1.54, 1.807) is 31.2 Å². The van der Waals surface area contributed by atoms with Crippen LogP contribution >= 0.6 is 0 Å². The standard InChI is InChI=1S/C19H22FN3O2/c1-2-25-19(24)14-3-8-18(17(21)13-14)23-11-9-22(10-12-23)16-6-4-15(20)5-7-16/h3-8,13H,2,9-12,21H2,1H3. The Hall–Kier alpha value is -2.76. The first-order valence-corrected chi connectivity index (χ1v) is 8.40. The number of hydrogen-bond donors (Lipinski definition) is 1. The van der Waals surface area contributed by atoms with E-state index >= 15 is 0 Å². The number of nitrogens with zero attached hydrogens (tertiary/aromatic N) is 2. The molecule has 2 aromatic carbocycles. The number of ether oxygens (including phenoxy) is 1. The Morgan fingerprint density at radius 2 is 1.72 bits per heavy atom. The maximum Gasteiger partial charge on any atom is 0.338 e. The summed E-state index contributed by atoms with van der Waals surface area (Å²) in [4.78, 5) is 16.2. The fourth-order valence-electron chi connectivity index (χ4n) is 3.04. The monoisotopic (exact) mass is 343 g/mol. The van der Waals surface area contributed by atoms with Crippen molar-refractivity contribution in [1.29, 1.82) is 0 Å². The van der Waals surface area contributed by atoms with Gasteiger partial charge in [-0.25, -0.2) is 9.18 Å². The molecule has 3 rings (SSSR count). The lowest BCUT2D eigenvalue weighted by molar-refractivity contribution is 0.0526. The molecule has 1 heterocycles. The maximum atomic E-state index is 13.0. The van der Waals surface area contributed by atoms with Crippen LogP contribution in [0, 0.1) is 5.82 Å². The van der Waals surface area contributed by atoms with E-state index < -0.39 is 0 Å². The summed E-state index contributed by atoms with van der Waals surface area (Å²) in [6, 6.07) is 11.8. The average molecular weight is 343 g/mol. The summed E-state index contributed by atoms with van der Waals surface area (Å²) in [5.41, 5.74) is 9.12. The number of halogens is 1. The van der Waals surface area contributed by atoms with Gasteiger partial charge in [-0.15, -0.1) is 0 Å². The summed E-state index contributed by atoms with van der Waals surface area (Å²) in [7, 11) is 0. The molecule has 0 amide bonds. The summed E-state index contributed by atoms with van der Waals surface area (Å²) in [5.74, 6) is -0.585. The topological polar surface area (TPSA) is 58.8 Å². The fraction of sp³-hybridized carbons (Fsp3) is 0.316. The molecular formula is C19H22FN3O2. The molecule has 0 aliphatic carbocycles. The Bertz CT molecular complexity index is 741. The van der Waals surface area contributed by atoms with Crippen LogP contribution in [0.1, 0.15) is 17.3 Å². The Morgan fingerprint density at radius 3 is 2.32 bits per heavy atom. The Morgan fingerprint density at radius 1 is 1.08 bits per heavy atom. The number of anilines is 3. The minimum absolute atomic E-state index is 0.225. The molecule has 0 bridgehead atoms. The summed E-state index contributed by atoms with van der Waals surface area (Å²) >= 11 is 0. The second-order valence-electron chi connectivity index (χ2n) is 5.94. The van der Waals surface area contributed by atoms with Crippen molar-refractivity contribution in [2.24, 2.45) is 0 Å². The Labute approximate surface area is 146 Å². The SMILES string of the molecule is CCOC(=O)c1ccc(N2CCN(c3ccc(F)cc3)CC2)c(N)c1. The number of esters is 1. The van der Waals surface area contributed by atoms with Crippen molar-refractivity contribution >= 4 is 23.0 Å². The summed E-state index contributed by atoms with van der Waals surface area (Å²) in [6.45, 7) is 5.37. The number of piperazine rings is 1. The van der Waals surface area contributed by atoms with E-state index in [1.165, 1.54) is 12.1 Å². The van der Waals surface area contributed by atoms with Crippen LogP contribution in [-0.4, -0.2) is 38.8 Å². The van der Waals surface area contributed by atoms with Crippen molar-refractivity contribution in [2.45, 2.75) is 6.92 Å². The van der Waals surface area contributed by atoms with Gasteiger partial charge in [0.1, 0.15) is 5.82 Å². The molecule has 0 spiro atoms. The van der Waals surface area contributed by atoms with Crippen molar-refractivity contribution in [3.8, 4) is 0 Å². The molecule has 25 heavy (non-hydrogen) atoms. The van der Waals surface area contributed by atoms with Gasteiger partial charge in [0.2, 0.25) is 0 Å². The van der Waals surface area contributed by atoms with E-state index in [0.717, 1.165) is 37.6 Å². The van der Waals surface area contributed by atoms with Crippen molar-refractivity contribution in [1.82, 2.24) is 0 Å². The molecule has 1 aliphatic heterocycles. The molecule has 132 valence electrons. The summed E-state index contributed by atoms with van der Waals surface area (Å²) < 4.78 is 18.0. The van der Waals surface area contributed by atoms with Crippen LogP contribution in [0.15, 0.2) is 42.5 Å². The summed E-state index contributed by atoms with van der Waals surface area (Å²) in [5, 5.41) is 0. The average Bonchev–Trinajstić information content (AvgIpc) is 2.63. The second kappa shape index (κ2) is 7.42. The van der Waals surface area contributed by atoms with Crippen LogP contribution in [0.25, 0.3) is 0 Å². The normalized spacial score (nSPS) is 14.5. The highest BCUT2D eigenvalue weighted by Gasteiger charge is 2.20. The largest absolute Gasteiger partial charge is 0.462 e. The van der Waals surface area contributed by atoms with Gasteiger partial charge < -0.3 is 20.3 Å². The third-order valence-electron chi connectivity index (χ3n) is 4.35. The van der Waals surface area contributed by atoms with Gasteiger partial charge in [-0.3, -0.25) is 0 Å². The lowest BCUT2D eigenvalue weighted by Crippen LogP contribution is -2.46. The Kier molecular flexibility index (Phi) is 5.07. The van der Waals surface area contributed by atoms with Crippen LogP contribution in [0.3, 0.4) is 0 Å². The summed E-state index contributed by atoms with van der Waals surface area (Å²) in [6.07, 6.45) is 0. The van der Waals surface area contributed by atoms with Crippen LogP contribution < -0.4 is 15.5 Å². The molecule has 0 atom stereocenters. The van der Waals surface area contributed by atoms with Crippen molar-refractivity contribution in [3.63, 3.8) is 0 Å². The number of carbonyl (C=O) groups excluding carboxylic acids is 1. The second-order valence-corrected chi connectivity index (χ2v) is 5.94. The highest BCUT2D eigenvalue weighted by Crippen LogP contribution is 2.27. The highest BCUT2D eigenvalue weighted by atomic mass is 19.1. The van der Waals surface area contributed by atoms with E-state index in [1.807, 2.05) is 6.07 Å². The van der Waals surface area contributed by atoms with E-state index in [2.05, 4.69) is 9.80 Å². The fourth-order valence-corrected chi connectivity index (χ4v) is 3.04. The van der Waals surface area contributed by atoms with E-state index in [9.17, 15) is 9.18 Å². The number of benzene rings is 2. The van der Waals surface area contributed by atoms with Gasteiger partial charge in [-0.05, 0) is 49.4 Å². The smallest absolute Gasteiger partial charge is 0.338 e. The lowest BCUT2D eigenvalue weighted by Gasteiger charge is -2.37. The van der Waals surface area contributed by atoms with Gasteiger partial charge in [0.15, 0.2) is 0 Å². The molecule has 0 aromatic heterocycles. The molecule has 0 unspecified atom stereocenters. The molecule has 1 aliphatic rings. The predicted octanol–water partition coefficient (Wildman–Crippen LogP) is 2.91. The molecule has 1 saturated heterocycles.